The number of nitrogens with one attached hydrogen (secondary N) is 1. The fraction of sp³-hybridized carbons (Fsp3) is 0.125. The van der Waals surface area contributed by atoms with Gasteiger partial charge in [0.05, 0.1) is 12.7 Å². The predicted octanol–water partition coefficient (Wildman–Crippen LogP) is 2.64. The van der Waals surface area contributed by atoms with Crippen LogP contribution in [0.5, 0.6) is 11.5 Å². The first kappa shape index (κ1) is 17.0. The number of hydrogen-bond acceptors (Lipinski definition) is 5. The van der Waals surface area contributed by atoms with Gasteiger partial charge in [0.1, 0.15) is 6.29 Å². The number of carbonyl (C=O) groups excluding carboxylic acids is 1. The summed E-state index contributed by atoms with van der Waals surface area (Å²) >= 11 is 0. The number of carbonyl (C=O) groups is 2. The Morgan fingerprint density at radius 3 is 2.41 bits per heavy atom. The molecule has 2 rings (SSSR count). The average molecular weight is 303 g/mol. The number of methoxy groups -OCH3 is 1. The first-order chi connectivity index (χ1) is 10.5. The van der Waals surface area contributed by atoms with Crippen LogP contribution in [0.1, 0.15) is 20.7 Å². The van der Waals surface area contributed by atoms with Crippen LogP contribution in [0.2, 0.25) is 0 Å². The number of para-hydroxylation sites is 1. The summed E-state index contributed by atoms with van der Waals surface area (Å²) in [6.45, 7) is 0. The Kier molecular flexibility index (Phi) is 6.43. The molecule has 0 bridgehead atoms. The van der Waals surface area contributed by atoms with Crippen LogP contribution in [0, 0.1) is 0 Å². The number of benzene rings is 2. The SMILES string of the molecule is CNc1ccccc1C(=O)O.COc1cc(C=O)ccc1O. The molecule has 0 amide bonds. The molecular formula is C16H17NO5. The Morgan fingerprint density at radius 2 is 1.91 bits per heavy atom. The zero-order valence-corrected chi connectivity index (χ0v) is 12.2. The fourth-order valence-corrected chi connectivity index (χ4v) is 1.66. The molecule has 0 unspecified atom stereocenters. The lowest BCUT2D eigenvalue weighted by atomic mass is 10.2. The lowest BCUT2D eigenvalue weighted by Crippen LogP contribution is -2.01. The van der Waals surface area contributed by atoms with Gasteiger partial charge in [-0.15, -0.1) is 0 Å². The van der Waals surface area contributed by atoms with E-state index in [1.165, 1.54) is 25.3 Å². The molecule has 116 valence electrons. The van der Waals surface area contributed by atoms with Crippen LogP contribution < -0.4 is 10.1 Å². The van der Waals surface area contributed by atoms with E-state index in [1.807, 2.05) is 0 Å². The lowest BCUT2D eigenvalue weighted by Gasteiger charge is -2.02. The first-order valence-electron chi connectivity index (χ1n) is 6.35. The van der Waals surface area contributed by atoms with Gasteiger partial charge >= 0.3 is 5.97 Å². The number of hydrogen-bond donors (Lipinski definition) is 3. The largest absolute Gasteiger partial charge is 0.504 e. The number of carboxylic acids is 1. The molecule has 22 heavy (non-hydrogen) atoms. The van der Waals surface area contributed by atoms with Crippen molar-refractivity contribution in [3.63, 3.8) is 0 Å². The van der Waals surface area contributed by atoms with Crippen LogP contribution in [-0.4, -0.2) is 36.6 Å². The summed E-state index contributed by atoms with van der Waals surface area (Å²) in [7, 11) is 3.13. The van der Waals surface area contributed by atoms with Crippen LogP contribution >= 0.6 is 0 Å². The van der Waals surface area contributed by atoms with Gasteiger partial charge in [0.25, 0.3) is 0 Å². The predicted molar refractivity (Wildman–Crippen MR) is 83.0 cm³/mol. The molecule has 3 N–H and O–H groups in total. The Bertz CT molecular complexity index is 655. The molecule has 0 aliphatic carbocycles. The summed E-state index contributed by atoms with van der Waals surface area (Å²) in [6, 6.07) is 11.2. The topological polar surface area (TPSA) is 95.9 Å². The molecule has 0 spiro atoms. The minimum Gasteiger partial charge on any atom is -0.504 e. The Hall–Kier alpha value is -3.02. The van der Waals surface area contributed by atoms with Crippen molar-refractivity contribution in [2.24, 2.45) is 0 Å². The van der Waals surface area contributed by atoms with Gasteiger partial charge in [0.15, 0.2) is 11.5 Å². The van der Waals surface area contributed by atoms with E-state index in [9.17, 15) is 9.59 Å². The van der Waals surface area contributed by atoms with Crippen molar-refractivity contribution in [3.05, 3.63) is 53.6 Å². The van der Waals surface area contributed by atoms with Gasteiger partial charge in [-0.25, -0.2) is 4.79 Å². The molecule has 0 aliphatic heterocycles. The second-order valence-corrected chi connectivity index (χ2v) is 4.15. The van der Waals surface area contributed by atoms with Gasteiger partial charge in [-0.1, -0.05) is 12.1 Å². The normalized spacial score (nSPS) is 9.18. The zero-order valence-electron chi connectivity index (χ0n) is 12.2. The molecule has 0 atom stereocenters. The molecule has 0 aliphatic rings. The van der Waals surface area contributed by atoms with Gasteiger partial charge in [0.2, 0.25) is 0 Å². The number of rotatable bonds is 4. The highest BCUT2D eigenvalue weighted by Gasteiger charge is 2.05. The number of aldehydes is 1. The number of phenols is 1. The second-order valence-electron chi connectivity index (χ2n) is 4.15. The number of aromatic carboxylic acids is 1. The molecule has 0 saturated carbocycles. The third kappa shape index (κ3) is 4.52. The molecule has 2 aromatic carbocycles. The Morgan fingerprint density at radius 1 is 1.23 bits per heavy atom. The van der Waals surface area contributed by atoms with Crippen molar-refractivity contribution in [2.75, 3.05) is 19.5 Å². The van der Waals surface area contributed by atoms with Gasteiger partial charge in [-0.3, -0.25) is 4.79 Å². The van der Waals surface area contributed by atoms with Crippen molar-refractivity contribution in [2.45, 2.75) is 0 Å². The van der Waals surface area contributed by atoms with Crippen LogP contribution in [0.4, 0.5) is 5.69 Å². The van der Waals surface area contributed by atoms with Crippen molar-refractivity contribution in [3.8, 4) is 11.5 Å². The highest BCUT2D eigenvalue weighted by atomic mass is 16.5. The quantitative estimate of drug-likeness (QED) is 0.751. The molecule has 6 nitrogen and oxygen atoms in total. The molecule has 0 saturated heterocycles. The van der Waals surface area contributed by atoms with E-state index in [-0.39, 0.29) is 5.75 Å². The second kappa shape index (κ2) is 8.31. The van der Waals surface area contributed by atoms with E-state index in [2.05, 4.69) is 5.32 Å². The highest BCUT2D eigenvalue weighted by molar-refractivity contribution is 5.94. The van der Waals surface area contributed by atoms with Crippen LogP contribution in [0.15, 0.2) is 42.5 Å². The monoisotopic (exact) mass is 303 g/mol. The molecule has 2 aromatic rings. The smallest absolute Gasteiger partial charge is 0.337 e. The lowest BCUT2D eigenvalue weighted by molar-refractivity contribution is 0.0697. The van der Waals surface area contributed by atoms with Crippen molar-refractivity contribution >= 4 is 17.9 Å². The number of anilines is 1. The summed E-state index contributed by atoms with van der Waals surface area (Å²) in [5.74, 6) is -0.553. The standard InChI is InChI=1S/C8H9NO2.C8H8O3/c1-9-7-5-3-2-4-6(7)8(10)11;1-11-8-4-6(5-9)2-3-7(8)10/h2-5,9H,1H3,(H,10,11);2-5,10H,1H3. The molecule has 0 heterocycles. The van der Waals surface area contributed by atoms with Crippen LogP contribution in [0.3, 0.4) is 0 Å². The van der Waals surface area contributed by atoms with E-state index < -0.39 is 5.97 Å². The summed E-state index contributed by atoms with van der Waals surface area (Å²) in [5, 5.41) is 20.5. The minimum atomic E-state index is -0.907. The number of ether oxygens (including phenoxy) is 1. The summed E-state index contributed by atoms with van der Waals surface area (Å²) in [6.07, 6.45) is 0.696. The molecule has 0 radical (unpaired) electrons. The third-order valence-electron chi connectivity index (χ3n) is 2.77. The number of aromatic hydroxyl groups is 1. The molecule has 0 aromatic heterocycles. The highest BCUT2D eigenvalue weighted by Crippen LogP contribution is 2.25. The van der Waals surface area contributed by atoms with E-state index in [4.69, 9.17) is 14.9 Å². The summed E-state index contributed by atoms with van der Waals surface area (Å²) in [4.78, 5) is 20.8. The van der Waals surface area contributed by atoms with Crippen LogP contribution in [-0.2, 0) is 0 Å². The first-order valence-corrected chi connectivity index (χ1v) is 6.35. The van der Waals surface area contributed by atoms with E-state index in [0.717, 1.165) is 0 Å². The third-order valence-corrected chi connectivity index (χ3v) is 2.77. The minimum absolute atomic E-state index is 0.0399. The average Bonchev–Trinajstić information content (AvgIpc) is 2.55. The van der Waals surface area contributed by atoms with Crippen molar-refractivity contribution in [1.29, 1.82) is 0 Å². The maximum Gasteiger partial charge on any atom is 0.337 e. The van der Waals surface area contributed by atoms with Gasteiger partial charge < -0.3 is 20.3 Å². The van der Waals surface area contributed by atoms with E-state index >= 15 is 0 Å². The van der Waals surface area contributed by atoms with Gasteiger partial charge in [-0.2, -0.15) is 0 Å². The fourth-order valence-electron chi connectivity index (χ4n) is 1.66. The number of carboxylic acid groups (broad SMARTS) is 1. The van der Waals surface area contributed by atoms with E-state index in [1.54, 1.807) is 31.3 Å². The Labute approximate surface area is 128 Å². The van der Waals surface area contributed by atoms with E-state index in [0.29, 0.717) is 28.8 Å². The van der Waals surface area contributed by atoms with Gasteiger partial charge in [0, 0.05) is 18.3 Å². The van der Waals surface area contributed by atoms with Gasteiger partial charge in [-0.05, 0) is 30.3 Å². The molecular weight excluding hydrogens is 286 g/mol. The molecule has 6 heteroatoms. The Balaban J connectivity index is 0.000000220. The van der Waals surface area contributed by atoms with Crippen molar-refractivity contribution in [1.82, 2.24) is 0 Å². The molecule has 0 fully saturated rings. The van der Waals surface area contributed by atoms with Crippen molar-refractivity contribution < 1.29 is 24.5 Å². The summed E-state index contributed by atoms with van der Waals surface area (Å²) in [5.41, 5.74) is 1.43. The maximum atomic E-state index is 10.5. The van der Waals surface area contributed by atoms with Crippen LogP contribution in [0.25, 0.3) is 0 Å². The maximum absolute atomic E-state index is 10.5. The summed E-state index contributed by atoms with van der Waals surface area (Å²) < 4.78 is 4.78. The number of phenolic OH excluding ortho intramolecular Hbond substituents is 1. The zero-order chi connectivity index (χ0) is 16.5.